The van der Waals surface area contributed by atoms with Gasteiger partial charge < -0.3 is 4.79 Å². The highest BCUT2D eigenvalue weighted by molar-refractivity contribution is 7.73. The molecule has 120 valence electrons. The van der Waals surface area contributed by atoms with E-state index in [0.717, 1.165) is 6.29 Å². The maximum atomic E-state index is 11.7. The molecule has 0 aliphatic heterocycles. The van der Waals surface area contributed by atoms with E-state index in [-0.39, 0.29) is 11.6 Å². The highest BCUT2D eigenvalue weighted by atomic mass is 31.1. The van der Waals surface area contributed by atoms with Crippen LogP contribution in [0.25, 0.3) is 0 Å². The second kappa shape index (κ2) is 8.04. The van der Waals surface area contributed by atoms with E-state index in [4.69, 9.17) is 0 Å². The molecule has 0 saturated carbocycles. The Morgan fingerprint density at radius 1 is 0.708 bits per heavy atom. The lowest BCUT2D eigenvalue weighted by molar-refractivity contribution is -0.110. The lowest BCUT2D eigenvalue weighted by Crippen LogP contribution is -2.22. The van der Waals surface area contributed by atoms with Crippen LogP contribution < -0.4 is 10.6 Å². The third-order valence-electron chi connectivity index (χ3n) is 4.20. The molecule has 0 saturated heterocycles. The van der Waals surface area contributed by atoms with E-state index in [2.05, 4.69) is 72.8 Å². The van der Waals surface area contributed by atoms with Gasteiger partial charge in [-0.25, -0.2) is 0 Å². The molecule has 0 bridgehead atoms. The third-order valence-corrected chi connectivity index (χ3v) is 7.23. The number of hydrogen-bond acceptors (Lipinski definition) is 1. The fraction of sp³-hybridized carbons (Fsp3) is 0.136. The molecule has 0 spiro atoms. The van der Waals surface area contributed by atoms with Gasteiger partial charge in [0.15, 0.2) is 0 Å². The van der Waals surface area contributed by atoms with Crippen LogP contribution in [-0.4, -0.2) is 6.29 Å². The van der Waals surface area contributed by atoms with Crippen LogP contribution in [0.2, 0.25) is 0 Å². The summed E-state index contributed by atoms with van der Waals surface area (Å²) in [6, 6.07) is 31.6. The molecular weight excluding hydrogens is 311 g/mol. The van der Waals surface area contributed by atoms with Crippen molar-refractivity contribution in [2.45, 2.75) is 12.6 Å². The van der Waals surface area contributed by atoms with E-state index in [1.165, 1.54) is 16.2 Å². The first-order chi connectivity index (χ1) is 11.8. The van der Waals surface area contributed by atoms with E-state index in [9.17, 15) is 4.79 Å². The molecular formula is C22H21OP. The van der Waals surface area contributed by atoms with Gasteiger partial charge in [-0.3, -0.25) is 0 Å². The first-order valence-corrected chi connectivity index (χ1v) is 9.62. The van der Waals surface area contributed by atoms with Crippen molar-refractivity contribution in [2.24, 2.45) is 5.92 Å². The monoisotopic (exact) mass is 332 g/mol. The standard InChI is InChI=1S/C22H21OP/c1-18(17-23)22(19-11-5-2-6-12-19)24(20-13-7-3-8-14-20)21-15-9-4-10-16-21/h2-18,22H,1H3. The van der Waals surface area contributed by atoms with E-state index in [0.29, 0.717) is 0 Å². The number of carbonyl (C=O) groups is 1. The molecule has 0 heterocycles. The van der Waals surface area contributed by atoms with Gasteiger partial charge in [-0.2, -0.15) is 0 Å². The number of hydrogen-bond donors (Lipinski definition) is 0. The molecule has 3 rings (SSSR count). The van der Waals surface area contributed by atoms with Crippen LogP contribution in [0.4, 0.5) is 0 Å². The van der Waals surface area contributed by atoms with Gasteiger partial charge in [0.25, 0.3) is 0 Å². The molecule has 0 fully saturated rings. The van der Waals surface area contributed by atoms with Crippen LogP contribution in [0.15, 0.2) is 91.0 Å². The number of rotatable bonds is 6. The molecule has 2 atom stereocenters. The molecule has 0 N–H and O–H groups in total. The largest absolute Gasteiger partial charge is 0.303 e. The van der Waals surface area contributed by atoms with Gasteiger partial charge >= 0.3 is 0 Å². The Labute approximate surface area is 145 Å². The normalized spacial score (nSPS) is 13.4. The third kappa shape index (κ3) is 3.63. The Hall–Kier alpha value is -2.24. The summed E-state index contributed by atoms with van der Waals surface area (Å²) in [5, 5.41) is 2.61. The minimum atomic E-state index is -0.667. The van der Waals surface area contributed by atoms with Gasteiger partial charge in [0.1, 0.15) is 6.29 Å². The lowest BCUT2D eigenvalue weighted by Gasteiger charge is -2.31. The maximum Gasteiger partial charge on any atom is 0.123 e. The summed E-state index contributed by atoms with van der Waals surface area (Å²) in [7, 11) is -0.667. The van der Waals surface area contributed by atoms with Crippen molar-refractivity contribution in [2.75, 3.05) is 0 Å². The van der Waals surface area contributed by atoms with Crippen molar-refractivity contribution >= 4 is 24.8 Å². The van der Waals surface area contributed by atoms with E-state index in [1.54, 1.807) is 0 Å². The second-order valence-electron chi connectivity index (χ2n) is 5.89. The quantitative estimate of drug-likeness (QED) is 0.472. The topological polar surface area (TPSA) is 17.1 Å². The molecule has 24 heavy (non-hydrogen) atoms. The summed E-state index contributed by atoms with van der Waals surface area (Å²) in [4.78, 5) is 11.7. The first-order valence-electron chi connectivity index (χ1n) is 8.21. The summed E-state index contributed by atoms with van der Waals surface area (Å²) < 4.78 is 0. The number of carbonyl (C=O) groups excluding carboxylic acids is 1. The van der Waals surface area contributed by atoms with Crippen LogP contribution in [0.5, 0.6) is 0 Å². The second-order valence-corrected chi connectivity index (χ2v) is 8.22. The predicted octanol–water partition coefficient (Wildman–Crippen LogP) is 4.70. The van der Waals surface area contributed by atoms with Gasteiger partial charge in [0, 0.05) is 11.6 Å². The number of aldehydes is 1. The minimum Gasteiger partial charge on any atom is -0.303 e. The Morgan fingerprint density at radius 3 is 1.54 bits per heavy atom. The van der Waals surface area contributed by atoms with Gasteiger partial charge in [0.2, 0.25) is 0 Å². The van der Waals surface area contributed by atoms with Crippen molar-refractivity contribution in [3.63, 3.8) is 0 Å². The highest BCUT2D eigenvalue weighted by Crippen LogP contribution is 2.52. The zero-order valence-corrected chi connectivity index (χ0v) is 14.6. The van der Waals surface area contributed by atoms with Gasteiger partial charge in [-0.15, -0.1) is 0 Å². The van der Waals surface area contributed by atoms with E-state index < -0.39 is 7.92 Å². The summed E-state index contributed by atoms with van der Waals surface area (Å²) in [6.45, 7) is 2.03. The van der Waals surface area contributed by atoms with Crippen LogP contribution in [-0.2, 0) is 4.79 Å². The lowest BCUT2D eigenvalue weighted by atomic mass is 10.0. The van der Waals surface area contributed by atoms with Gasteiger partial charge in [-0.05, 0) is 24.1 Å². The maximum absolute atomic E-state index is 11.7. The zero-order valence-electron chi connectivity index (χ0n) is 13.7. The molecule has 0 aromatic heterocycles. The molecule has 2 heteroatoms. The Bertz CT molecular complexity index is 716. The zero-order chi connectivity index (χ0) is 16.8. The predicted molar refractivity (Wildman–Crippen MR) is 103 cm³/mol. The van der Waals surface area contributed by atoms with Crippen LogP contribution in [0.3, 0.4) is 0 Å². The van der Waals surface area contributed by atoms with E-state index >= 15 is 0 Å². The van der Waals surface area contributed by atoms with E-state index in [1.807, 2.05) is 25.1 Å². The fourth-order valence-electron chi connectivity index (χ4n) is 3.06. The van der Waals surface area contributed by atoms with Crippen molar-refractivity contribution in [1.82, 2.24) is 0 Å². The van der Waals surface area contributed by atoms with Crippen molar-refractivity contribution in [3.8, 4) is 0 Å². The van der Waals surface area contributed by atoms with Gasteiger partial charge in [-0.1, -0.05) is 97.9 Å². The van der Waals surface area contributed by atoms with Gasteiger partial charge in [0.05, 0.1) is 0 Å². The molecule has 2 unspecified atom stereocenters. The molecule has 3 aromatic rings. The Morgan fingerprint density at radius 2 is 1.12 bits per heavy atom. The number of benzene rings is 3. The average molecular weight is 332 g/mol. The molecule has 0 radical (unpaired) electrons. The van der Waals surface area contributed by atoms with Crippen LogP contribution in [0.1, 0.15) is 18.1 Å². The fourth-order valence-corrected chi connectivity index (χ4v) is 6.00. The summed E-state index contributed by atoms with van der Waals surface area (Å²) in [5.74, 6) is -0.0427. The average Bonchev–Trinajstić information content (AvgIpc) is 2.67. The van der Waals surface area contributed by atoms with Crippen LogP contribution in [0, 0.1) is 5.92 Å². The SMILES string of the molecule is CC(C=O)C(c1ccccc1)P(c1ccccc1)c1ccccc1. The molecule has 3 aromatic carbocycles. The smallest absolute Gasteiger partial charge is 0.123 e. The molecule has 0 aliphatic rings. The summed E-state index contributed by atoms with van der Waals surface area (Å²) in [6.07, 6.45) is 1.10. The Balaban J connectivity index is 2.16. The molecule has 1 nitrogen and oxygen atoms in total. The summed E-state index contributed by atoms with van der Waals surface area (Å²) in [5.41, 5.74) is 1.40. The summed E-state index contributed by atoms with van der Waals surface area (Å²) >= 11 is 0. The molecule has 0 amide bonds. The van der Waals surface area contributed by atoms with Crippen molar-refractivity contribution in [3.05, 3.63) is 96.6 Å². The first kappa shape index (κ1) is 16.6. The van der Waals surface area contributed by atoms with Crippen molar-refractivity contribution in [1.29, 1.82) is 0 Å². The van der Waals surface area contributed by atoms with Crippen LogP contribution >= 0.6 is 7.92 Å². The van der Waals surface area contributed by atoms with Crippen molar-refractivity contribution < 1.29 is 4.79 Å². The highest BCUT2D eigenvalue weighted by Gasteiger charge is 2.30. The minimum absolute atomic E-state index is 0.0427. The molecule has 0 aliphatic carbocycles. The Kier molecular flexibility index (Phi) is 5.56.